The third-order valence-corrected chi connectivity index (χ3v) is 5.28. The predicted molar refractivity (Wildman–Crippen MR) is 95.9 cm³/mol. The van der Waals surface area contributed by atoms with Gasteiger partial charge in [-0.2, -0.15) is 0 Å². The fourth-order valence-electron chi connectivity index (χ4n) is 2.80. The first-order valence-corrected chi connectivity index (χ1v) is 8.79. The van der Waals surface area contributed by atoms with E-state index in [1.807, 2.05) is 32.3 Å². The molecule has 0 bridgehead atoms. The maximum atomic E-state index is 14.3. The van der Waals surface area contributed by atoms with Gasteiger partial charge >= 0.3 is 0 Å². The van der Waals surface area contributed by atoms with E-state index in [9.17, 15) is 19.1 Å². The Labute approximate surface area is 149 Å². The highest BCUT2D eigenvalue weighted by Crippen LogP contribution is 2.35. The summed E-state index contributed by atoms with van der Waals surface area (Å²) in [5.74, 6) is -1.78. The van der Waals surface area contributed by atoms with Gasteiger partial charge in [-0.15, -0.1) is 11.8 Å². The Bertz CT molecular complexity index is 811. The highest BCUT2D eigenvalue weighted by Gasteiger charge is 2.37. The molecule has 1 aromatic rings. The van der Waals surface area contributed by atoms with Gasteiger partial charge in [-0.25, -0.2) is 4.39 Å². The van der Waals surface area contributed by atoms with Gasteiger partial charge in [0.25, 0.3) is 5.91 Å². The minimum Gasteiger partial charge on any atom is -0.508 e. The van der Waals surface area contributed by atoms with Crippen molar-refractivity contribution in [3.8, 4) is 5.75 Å². The third-order valence-electron chi connectivity index (χ3n) is 4.17. The molecule has 2 aliphatic heterocycles. The van der Waals surface area contributed by atoms with Gasteiger partial charge in [0.2, 0.25) is 0 Å². The molecule has 2 atom stereocenters. The van der Waals surface area contributed by atoms with E-state index in [2.05, 4.69) is 10.6 Å². The molecule has 132 valence electrons. The average Bonchev–Trinajstić information content (AvgIpc) is 2.99. The van der Waals surface area contributed by atoms with E-state index in [0.717, 1.165) is 0 Å². The van der Waals surface area contributed by atoms with Crippen LogP contribution in [0.2, 0.25) is 0 Å². The standard InChI is InChI=1S/C18H19FN2O3S/c1-18(2,3)10-6-11(19)13(7-14(10)22)21-17(24)9-8-20-12-4-5-25-16(12)15(9)23/h4-8,12,16,20,22H,1-3H3,(H,21,24). The summed E-state index contributed by atoms with van der Waals surface area (Å²) in [6.45, 7) is 5.54. The lowest BCUT2D eigenvalue weighted by Crippen LogP contribution is -2.44. The third kappa shape index (κ3) is 3.28. The van der Waals surface area contributed by atoms with Crippen molar-refractivity contribution < 1.29 is 19.1 Å². The number of phenolic OH excluding ortho intramolecular Hbond substituents is 1. The Hall–Kier alpha value is -2.28. The van der Waals surface area contributed by atoms with E-state index >= 15 is 0 Å². The van der Waals surface area contributed by atoms with Gasteiger partial charge in [0.05, 0.1) is 22.6 Å². The number of hydrogen-bond donors (Lipinski definition) is 3. The molecule has 7 heteroatoms. The number of halogens is 1. The molecule has 0 aromatic heterocycles. The maximum absolute atomic E-state index is 14.3. The highest BCUT2D eigenvalue weighted by molar-refractivity contribution is 8.03. The molecule has 2 heterocycles. The molecule has 2 unspecified atom stereocenters. The number of benzene rings is 1. The summed E-state index contributed by atoms with van der Waals surface area (Å²) in [5, 5.41) is 16.9. The number of Topliss-reactive ketones (excluding diaryl/α,β-unsaturated/α-hetero) is 1. The van der Waals surface area contributed by atoms with E-state index in [4.69, 9.17) is 0 Å². The van der Waals surface area contributed by atoms with Crippen LogP contribution in [-0.2, 0) is 15.0 Å². The van der Waals surface area contributed by atoms with E-state index < -0.39 is 17.1 Å². The van der Waals surface area contributed by atoms with Crippen LogP contribution < -0.4 is 10.6 Å². The fourth-order valence-corrected chi connectivity index (χ4v) is 3.82. The molecule has 1 aromatic carbocycles. The summed E-state index contributed by atoms with van der Waals surface area (Å²) in [7, 11) is 0. The Balaban J connectivity index is 1.82. The molecule has 0 saturated heterocycles. The topological polar surface area (TPSA) is 78.4 Å². The summed E-state index contributed by atoms with van der Waals surface area (Å²) >= 11 is 1.34. The van der Waals surface area contributed by atoms with Crippen molar-refractivity contribution in [1.29, 1.82) is 0 Å². The van der Waals surface area contributed by atoms with Crippen LogP contribution >= 0.6 is 11.8 Å². The number of carbonyl (C=O) groups is 2. The van der Waals surface area contributed by atoms with Crippen molar-refractivity contribution >= 4 is 29.1 Å². The van der Waals surface area contributed by atoms with E-state index in [0.29, 0.717) is 5.56 Å². The number of nitrogens with one attached hydrogen (secondary N) is 2. The number of carbonyl (C=O) groups excluding carboxylic acids is 2. The quantitative estimate of drug-likeness (QED) is 0.705. The van der Waals surface area contributed by atoms with Crippen LogP contribution in [0.4, 0.5) is 10.1 Å². The minimum atomic E-state index is -0.703. The van der Waals surface area contributed by atoms with Gasteiger partial charge in [0.15, 0.2) is 5.78 Å². The van der Waals surface area contributed by atoms with Gasteiger partial charge in [-0.1, -0.05) is 26.8 Å². The van der Waals surface area contributed by atoms with E-state index in [-0.39, 0.29) is 34.1 Å². The molecule has 5 nitrogen and oxygen atoms in total. The Morgan fingerprint density at radius 1 is 1.36 bits per heavy atom. The number of fused-ring (bicyclic) bond motifs is 1. The number of hydrogen-bond acceptors (Lipinski definition) is 5. The van der Waals surface area contributed by atoms with Crippen molar-refractivity contribution in [2.75, 3.05) is 5.32 Å². The lowest BCUT2D eigenvalue weighted by molar-refractivity contribution is -0.120. The normalized spacial score (nSPS) is 22.2. The van der Waals surface area contributed by atoms with Crippen molar-refractivity contribution in [2.24, 2.45) is 0 Å². The van der Waals surface area contributed by atoms with Crippen molar-refractivity contribution in [1.82, 2.24) is 5.32 Å². The first kappa shape index (κ1) is 17.5. The zero-order valence-corrected chi connectivity index (χ0v) is 14.9. The zero-order chi connectivity index (χ0) is 18.4. The second kappa shape index (κ2) is 6.22. The molecule has 2 aliphatic rings. The average molecular weight is 362 g/mol. The van der Waals surface area contributed by atoms with E-state index in [1.165, 1.54) is 30.1 Å². The van der Waals surface area contributed by atoms with Crippen LogP contribution in [0.5, 0.6) is 5.75 Å². The van der Waals surface area contributed by atoms with Gasteiger partial charge in [0, 0.05) is 17.8 Å². The Morgan fingerprint density at radius 2 is 2.08 bits per heavy atom. The summed E-state index contributed by atoms with van der Waals surface area (Å²) < 4.78 is 14.3. The minimum absolute atomic E-state index is 0.0590. The number of phenols is 1. The van der Waals surface area contributed by atoms with Crippen LogP contribution in [0, 0.1) is 5.82 Å². The van der Waals surface area contributed by atoms with Gasteiger partial charge in [-0.05, 0) is 16.9 Å². The molecule has 0 aliphatic carbocycles. The first-order chi connectivity index (χ1) is 11.7. The Kier molecular flexibility index (Phi) is 4.36. The Morgan fingerprint density at radius 3 is 2.76 bits per heavy atom. The molecule has 3 N–H and O–H groups in total. The molecule has 0 spiro atoms. The van der Waals surface area contributed by atoms with E-state index in [1.54, 1.807) is 0 Å². The zero-order valence-electron chi connectivity index (χ0n) is 14.1. The summed E-state index contributed by atoms with van der Waals surface area (Å²) in [4.78, 5) is 24.8. The summed E-state index contributed by atoms with van der Waals surface area (Å²) in [6.07, 6.45) is 3.22. The number of amides is 1. The summed E-state index contributed by atoms with van der Waals surface area (Å²) in [6, 6.07) is 2.25. The number of thioether (sulfide) groups is 1. The van der Waals surface area contributed by atoms with Crippen LogP contribution in [-0.4, -0.2) is 28.1 Å². The lowest BCUT2D eigenvalue weighted by Gasteiger charge is -2.24. The molecule has 0 fully saturated rings. The van der Waals surface area contributed by atoms with Gasteiger partial charge < -0.3 is 15.7 Å². The molecule has 0 radical (unpaired) electrons. The molecule has 25 heavy (non-hydrogen) atoms. The van der Waals surface area contributed by atoms with Crippen molar-refractivity contribution in [2.45, 2.75) is 37.5 Å². The van der Waals surface area contributed by atoms with Crippen molar-refractivity contribution in [3.05, 3.63) is 46.8 Å². The monoisotopic (exact) mass is 362 g/mol. The number of aromatic hydroxyl groups is 1. The maximum Gasteiger partial charge on any atom is 0.260 e. The summed E-state index contributed by atoms with van der Waals surface area (Å²) in [5.41, 5.74) is -0.227. The SMILES string of the molecule is CC(C)(C)c1cc(F)c(NC(=O)C2=CNC3C=CSC3C2=O)cc1O. The number of anilines is 1. The number of ketones is 1. The molecule has 1 amide bonds. The van der Waals surface area contributed by atoms with Gasteiger partial charge in [-0.3, -0.25) is 9.59 Å². The van der Waals surface area contributed by atoms with Gasteiger partial charge in [0.1, 0.15) is 11.6 Å². The molecule has 3 rings (SSSR count). The molecular weight excluding hydrogens is 343 g/mol. The molecular formula is C18H19FN2O3S. The van der Waals surface area contributed by atoms with Crippen LogP contribution in [0.3, 0.4) is 0 Å². The largest absolute Gasteiger partial charge is 0.508 e. The van der Waals surface area contributed by atoms with Crippen molar-refractivity contribution in [3.63, 3.8) is 0 Å². The van der Waals surface area contributed by atoms with Crippen LogP contribution in [0.1, 0.15) is 26.3 Å². The molecule has 0 saturated carbocycles. The first-order valence-electron chi connectivity index (χ1n) is 7.85. The lowest BCUT2D eigenvalue weighted by atomic mass is 9.86. The second-order valence-corrected chi connectivity index (χ2v) is 8.11. The van der Waals surface area contributed by atoms with Crippen LogP contribution in [0.15, 0.2) is 35.4 Å². The fraction of sp³-hybridized carbons (Fsp3) is 0.333. The van der Waals surface area contributed by atoms with Crippen LogP contribution in [0.25, 0.3) is 0 Å². The second-order valence-electron chi connectivity index (χ2n) is 7.05. The number of rotatable bonds is 2. The highest BCUT2D eigenvalue weighted by atomic mass is 32.2. The smallest absolute Gasteiger partial charge is 0.260 e. The predicted octanol–water partition coefficient (Wildman–Crippen LogP) is 2.82.